The van der Waals surface area contributed by atoms with Crippen LogP contribution in [0.15, 0.2) is 83.8 Å². The van der Waals surface area contributed by atoms with Gasteiger partial charge in [-0.25, -0.2) is 4.68 Å². The predicted molar refractivity (Wildman–Crippen MR) is 158 cm³/mol. The SMILES string of the molecule is CCOc1ccc(-c2nn(-c3ccccc3)cc2C=c2sc3nc(C4COc5ccccc5O4)nn3c2=O)cc1[N+](=O)[O-]. The molecule has 0 bridgehead atoms. The van der Waals surface area contributed by atoms with Gasteiger partial charge in [0.1, 0.15) is 12.3 Å². The van der Waals surface area contributed by atoms with E-state index in [1.165, 1.54) is 21.9 Å². The van der Waals surface area contributed by atoms with Crippen molar-refractivity contribution in [1.82, 2.24) is 24.4 Å². The van der Waals surface area contributed by atoms with Gasteiger partial charge in [0.15, 0.2) is 29.2 Å². The highest BCUT2D eigenvalue weighted by Crippen LogP contribution is 2.36. The third-order valence-electron chi connectivity index (χ3n) is 6.77. The van der Waals surface area contributed by atoms with E-state index >= 15 is 0 Å². The van der Waals surface area contributed by atoms with Gasteiger partial charge in [0.05, 0.1) is 21.7 Å². The minimum Gasteiger partial charge on any atom is -0.487 e. The minimum absolute atomic E-state index is 0.170. The van der Waals surface area contributed by atoms with Crippen LogP contribution in [0.25, 0.3) is 28.0 Å². The number of nitro benzene ring substituents is 1. The van der Waals surface area contributed by atoms with Crippen LogP contribution >= 0.6 is 11.3 Å². The van der Waals surface area contributed by atoms with Crippen molar-refractivity contribution in [1.29, 1.82) is 0 Å². The molecule has 214 valence electrons. The summed E-state index contributed by atoms with van der Waals surface area (Å²) in [6, 6.07) is 21.5. The van der Waals surface area contributed by atoms with Crippen molar-refractivity contribution in [2.24, 2.45) is 0 Å². The van der Waals surface area contributed by atoms with E-state index < -0.39 is 11.0 Å². The van der Waals surface area contributed by atoms with Crippen LogP contribution in [0.3, 0.4) is 0 Å². The van der Waals surface area contributed by atoms with Crippen molar-refractivity contribution in [3.63, 3.8) is 0 Å². The van der Waals surface area contributed by atoms with Gasteiger partial charge in [-0.05, 0) is 49.4 Å². The molecule has 0 radical (unpaired) electrons. The highest BCUT2D eigenvalue weighted by atomic mass is 32.1. The number of aromatic nitrogens is 5. The fourth-order valence-electron chi connectivity index (χ4n) is 4.79. The molecule has 0 aliphatic carbocycles. The molecule has 0 spiro atoms. The number of para-hydroxylation sites is 3. The van der Waals surface area contributed by atoms with E-state index in [4.69, 9.17) is 19.3 Å². The number of hydrogen-bond donors (Lipinski definition) is 0. The molecule has 1 aliphatic heterocycles. The third kappa shape index (κ3) is 4.85. The summed E-state index contributed by atoms with van der Waals surface area (Å²) in [5.74, 6) is 1.75. The van der Waals surface area contributed by atoms with Crippen LogP contribution in [0.4, 0.5) is 5.69 Å². The standard InChI is InChI=1S/C30H22N6O6S/c1-2-40-22-13-12-18(14-21(22)36(38)39)27-19(16-34(32-27)20-8-4-3-5-9-20)15-26-29(37)35-30(43-26)31-28(33-35)25-17-41-23-10-6-7-11-24(23)42-25/h3-16,25H,2,17H2,1H3. The lowest BCUT2D eigenvalue weighted by Crippen LogP contribution is -2.26. The summed E-state index contributed by atoms with van der Waals surface area (Å²) >= 11 is 1.17. The molecule has 4 heterocycles. The van der Waals surface area contributed by atoms with Gasteiger partial charge in [-0.15, -0.1) is 5.10 Å². The maximum atomic E-state index is 13.4. The highest BCUT2D eigenvalue weighted by Gasteiger charge is 2.27. The van der Waals surface area contributed by atoms with Crippen molar-refractivity contribution in [2.75, 3.05) is 13.2 Å². The first-order valence-electron chi connectivity index (χ1n) is 13.3. The Morgan fingerprint density at radius 1 is 1.09 bits per heavy atom. The lowest BCUT2D eigenvalue weighted by atomic mass is 10.1. The van der Waals surface area contributed by atoms with Crippen LogP contribution in [0.1, 0.15) is 24.4 Å². The average molecular weight is 595 g/mol. The number of thiazole rings is 1. The second-order valence-electron chi connectivity index (χ2n) is 9.53. The van der Waals surface area contributed by atoms with Crippen molar-refractivity contribution in [3.8, 4) is 34.2 Å². The van der Waals surface area contributed by atoms with Gasteiger partial charge < -0.3 is 14.2 Å². The lowest BCUT2D eigenvalue weighted by molar-refractivity contribution is -0.385. The van der Waals surface area contributed by atoms with Gasteiger partial charge in [0.2, 0.25) is 4.96 Å². The average Bonchev–Trinajstić information content (AvgIpc) is 3.72. The van der Waals surface area contributed by atoms with Gasteiger partial charge >= 0.3 is 5.69 Å². The maximum Gasteiger partial charge on any atom is 0.311 e. The Morgan fingerprint density at radius 2 is 1.88 bits per heavy atom. The molecule has 0 saturated carbocycles. The van der Waals surface area contributed by atoms with Crippen molar-refractivity contribution >= 4 is 28.1 Å². The Hall–Kier alpha value is -5.56. The summed E-state index contributed by atoms with van der Waals surface area (Å²) in [6.07, 6.45) is 2.92. The number of rotatable bonds is 7. The van der Waals surface area contributed by atoms with E-state index in [0.717, 1.165) is 5.69 Å². The highest BCUT2D eigenvalue weighted by molar-refractivity contribution is 7.15. The zero-order valence-corrected chi connectivity index (χ0v) is 23.4. The number of nitro groups is 1. The summed E-state index contributed by atoms with van der Waals surface area (Å²) < 4.78 is 20.5. The first-order chi connectivity index (χ1) is 21.0. The Morgan fingerprint density at radius 3 is 2.65 bits per heavy atom. The second-order valence-corrected chi connectivity index (χ2v) is 10.5. The largest absolute Gasteiger partial charge is 0.487 e. The van der Waals surface area contributed by atoms with Crippen molar-refractivity contribution < 1.29 is 19.1 Å². The second kappa shape index (κ2) is 10.7. The monoisotopic (exact) mass is 594 g/mol. The number of fused-ring (bicyclic) bond motifs is 2. The Bertz CT molecular complexity index is 2100. The molecule has 0 fully saturated rings. The molecule has 0 saturated heterocycles. The lowest BCUT2D eigenvalue weighted by Gasteiger charge is -2.24. The van der Waals surface area contributed by atoms with Crippen LogP contribution in [0, 0.1) is 10.1 Å². The summed E-state index contributed by atoms with van der Waals surface area (Å²) in [6.45, 7) is 2.27. The van der Waals surface area contributed by atoms with Crippen molar-refractivity contribution in [3.05, 3.63) is 115 Å². The summed E-state index contributed by atoms with van der Waals surface area (Å²) in [4.78, 5) is 29.7. The van der Waals surface area contributed by atoms with Gasteiger partial charge in [-0.2, -0.15) is 14.6 Å². The van der Waals surface area contributed by atoms with E-state index in [9.17, 15) is 14.9 Å². The molecule has 6 aromatic rings. The molecule has 0 N–H and O–H groups in total. The summed E-state index contributed by atoms with van der Waals surface area (Å²) in [5, 5.41) is 21.0. The van der Waals surface area contributed by atoms with Crippen LogP contribution in [0.2, 0.25) is 0 Å². The number of ether oxygens (including phenoxy) is 3. The Kier molecular flexibility index (Phi) is 6.55. The van der Waals surface area contributed by atoms with Crippen molar-refractivity contribution in [2.45, 2.75) is 13.0 Å². The minimum atomic E-state index is -0.556. The van der Waals surface area contributed by atoms with Crippen LogP contribution in [-0.2, 0) is 0 Å². The zero-order valence-electron chi connectivity index (χ0n) is 22.6. The zero-order chi connectivity index (χ0) is 29.5. The fraction of sp³-hybridized carbons (Fsp3) is 0.133. The van der Waals surface area contributed by atoms with Crippen LogP contribution in [0.5, 0.6) is 17.2 Å². The fourth-order valence-corrected chi connectivity index (χ4v) is 5.69. The van der Waals surface area contributed by atoms with E-state index in [0.29, 0.717) is 43.6 Å². The molecule has 3 aromatic heterocycles. The van der Waals surface area contributed by atoms with Crippen LogP contribution in [-0.4, -0.2) is 42.5 Å². The topological polar surface area (TPSA) is 136 Å². The molecule has 43 heavy (non-hydrogen) atoms. The summed E-state index contributed by atoms with van der Waals surface area (Å²) in [5.41, 5.74) is 1.80. The van der Waals surface area contributed by atoms with Gasteiger partial charge in [-0.3, -0.25) is 14.9 Å². The Labute approximate surface area is 247 Å². The molecule has 12 nitrogen and oxygen atoms in total. The molecule has 1 aliphatic rings. The normalized spacial score (nSPS) is 14.7. The molecular weight excluding hydrogens is 572 g/mol. The number of benzene rings is 3. The molecular formula is C30H22N6O6S. The molecule has 13 heteroatoms. The van der Waals surface area contributed by atoms with Crippen LogP contribution < -0.4 is 24.3 Å². The van der Waals surface area contributed by atoms with E-state index in [1.807, 2.05) is 48.5 Å². The number of nitrogens with zero attached hydrogens (tertiary/aromatic N) is 6. The molecule has 0 amide bonds. The summed E-state index contributed by atoms with van der Waals surface area (Å²) in [7, 11) is 0. The quantitative estimate of drug-likeness (QED) is 0.195. The van der Waals surface area contributed by atoms with Gasteiger partial charge in [0, 0.05) is 23.4 Å². The van der Waals surface area contributed by atoms with Gasteiger partial charge in [0.25, 0.3) is 5.56 Å². The number of hydrogen-bond acceptors (Lipinski definition) is 10. The van der Waals surface area contributed by atoms with Gasteiger partial charge in [-0.1, -0.05) is 41.7 Å². The van der Waals surface area contributed by atoms with E-state index in [-0.39, 0.29) is 30.2 Å². The molecule has 7 rings (SSSR count). The molecule has 1 unspecified atom stereocenters. The third-order valence-corrected chi connectivity index (χ3v) is 7.73. The predicted octanol–water partition coefficient (Wildman–Crippen LogP) is 4.37. The van der Waals surface area contributed by atoms with E-state index in [1.54, 1.807) is 42.1 Å². The van der Waals surface area contributed by atoms with E-state index in [2.05, 4.69) is 10.1 Å². The first-order valence-corrected chi connectivity index (χ1v) is 14.2. The maximum absolute atomic E-state index is 13.4. The molecule has 1 atom stereocenters. The smallest absolute Gasteiger partial charge is 0.311 e. The Balaban J connectivity index is 1.30. The molecule has 3 aromatic carbocycles. The first kappa shape index (κ1) is 26.3.